The number of ether oxygens (including phenoxy) is 2. The van der Waals surface area contributed by atoms with Crippen LogP contribution < -0.4 is 15.0 Å². The Morgan fingerprint density at radius 1 is 1.03 bits per heavy atom. The van der Waals surface area contributed by atoms with E-state index in [2.05, 4.69) is 5.32 Å². The van der Waals surface area contributed by atoms with Gasteiger partial charge in [-0.2, -0.15) is 0 Å². The molecule has 174 valence electrons. The van der Waals surface area contributed by atoms with Crippen LogP contribution in [0.4, 0.5) is 5.69 Å². The second-order valence-corrected chi connectivity index (χ2v) is 9.22. The van der Waals surface area contributed by atoms with Gasteiger partial charge in [0.2, 0.25) is 11.8 Å². The lowest BCUT2D eigenvalue weighted by molar-refractivity contribution is -0.152. The highest BCUT2D eigenvalue weighted by Crippen LogP contribution is 2.54. The summed E-state index contributed by atoms with van der Waals surface area (Å²) in [6.45, 7) is 2.40. The fourth-order valence-corrected chi connectivity index (χ4v) is 5.99. The van der Waals surface area contributed by atoms with Gasteiger partial charge in [0.25, 0.3) is 0 Å². The number of rotatable bonds is 6. The van der Waals surface area contributed by atoms with E-state index in [4.69, 9.17) is 9.47 Å². The van der Waals surface area contributed by atoms with Crippen LogP contribution in [0.3, 0.4) is 0 Å². The minimum absolute atomic E-state index is 0.341. The van der Waals surface area contributed by atoms with E-state index >= 15 is 0 Å². The van der Waals surface area contributed by atoms with Crippen molar-refractivity contribution in [3.05, 3.63) is 82.6 Å². The molecule has 0 bridgehead atoms. The quantitative estimate of drug-likeness (QED) is 0.432. The number of carbonyl (C=O) groups excluding carboxylic acids is 3. The third-order valence-corrected chi connectivity index (χ3v) is 7.51. The average molecular weight is 477 g/mol. The molecule has 1 N–H and O–H groups in total. The topological polar surface area (TPSA) is 84.9 Å². The first-order valence-corrected chi connectivity index (χ1v) is 12.0. The molecule has 5 rings (SSSR count). The number of nitrogens with zero attached hydrogens (tertiary/aromatic N) is 1. The highest BCUT2D eigenvalue weighted by atomic mass is 32.1. The average Bonchev–Trinajstić information content (AvgIpc) is 3.57. The summed E-state index contributed by atoms with van der Waals surface area (Å²) >= 11 is 1.48. The molecule has 0 unspecified atom stereocenters. The van der Waals surface area contributed by atoms with E-state index in [1.54, 1.807) is 48.5 Å². The number of benzene rings is 2. The van der Waals surface area contributed by atoms with Gasteiger partial charge in [0.05, 0.1) is 37.3 Å². The number of amides is 2. The third kappa shape index (κ3) is 3.25. The molecule has 4 atom stereocenters. The van der Waals surface area contributed by atoms with Crippen LogP contribution in [0.1, 0.15) is 23.4 Å². The molecular formula is C26H24N2O5S. The van der Waals surface area contributed by atoms with Crippen molar-refractivity contribution < 1.29 is 23.9 Å². The zero-order valence-electron chi connectivity index (χ0n) is 18.8. The molecule has 0 saturated carbocycles. The summed E-state index contributed by atoms with van der Waals surface area (Å²) in [5.74, 6) is -2.45. The Morgan fingerprint density at radius 2 is 1.76 bits per heavy atom. The Balaban J connectivity index is 1.66. The Bertz CT molecular complexity index is 1210. The maximum atomic E-state index is 14.0. The molecule has 3 heterocycles. The van der Waals surface area contributed by atoms with Crippen LogP contribution >= 0.6 is 11.3 Å². The zero-order valence-corrected chi connectivity index (χ0v) is 19.6. The normalized spacial score (nSPS) is 25.9. The summed E-state index contributed by atoms with van der Waals surface area (Å²) in [6.07, 6.45) is 0. The van der Waals surface area contributed by atoms with Crippen molar-refractivity contribution >= 4 is 34.8 Å². The molecule has 2 aliphatic rings. The van der Waals surface area contributed by atoms with Crippen molar-refractivity contribution in [2.75, 3.05) is 18.6 Å². The van der Waals surface area contributed by atoms with Crippen LogP contribution in [0.5, 0.6) is 5.75 Å². The van der Waals surface area contributed by atoms with E-state index in [0.717, 1.165) is 4.88 Å². The lowest BCUT2D eigenvalue weighted by Gasteiger charge is -2.32. The fourth-order valence-electron chi connectivity index (χ4n) is 5.16. The molecule has 2 aliphatic heterocycles. The monoisotopic (exact) mass is 476 g/mol. The molecule has 34 heavy (non-hydrogen) atoms. The first kappa shape index (κ1) is 22.3. The maximum absolute atomic E-state index is 14.0. The number of fused-ring (bicyclic) bond motifs is 1. The van der Waals surface area contributed by atoms with Crippen LogP contribution in [-0.4, -0.2) is 31.5 Å². The molecule has 2 amide bonds. The molecule has 0 radical (unpaired) electrons. The van der Waals surface area contributed by atoms with Gasteiger partial charge in [-0.05, 0) is 48.2 Å². The predicted molar refractivity (Wildman–Crippen MR) is 127 cm³/mol. The molecule has 2 aromatic carbocycles. The van der Waals surface area contributed by atoms with Gasteiger partial charge in [-0.15, -0.1) is 11.3 Å². The highest BCUT2D eigenvalue weighted by molar-refractivity contribution is 7.10. The van der Waals surface area contributed by atoms with Crippen molar-refractivity contribution in [3.8, 4) is 5.75 Å². The molecule has 1 aromatic heterocycles. The number of carbonyl (C=O) groups is 3. The number of methoxy groups -OCH3 is 1. The first-order valence-electron chi connectivity index (χ1n) is 11.1. The van der Waals surface area contributed by atoms with Crippen molar-refractivity contribution in [2.24, 2.45) is 11.8 Å². The van der Waals surface area contributed by atoms with Gasteiger partial charge in [0.1, 0.15) is 5.75 Å². The van der Waals surface area contributed by atoms with Gasteiger partial charge in [-0.25, -0.2) is 9.69 Å². The van der Waals surface area contributed by atoms with E-state index in [-0.39, 0.29) is 5.91 Å². The van der Waals surface area contributed by atoms with E-state index in [0.29, 0.717) is 23.6 Å². The number of hydrogen-bond acceptors (Lipinski definition) is 7. The summed E-state index contributed by atoms with van der Waals surface area (Å²) in [4.78, 5) is 43.3. The minimum atomic E-state index is -1.50. The second kappa shape index (κ2) is 8.70. The number of nitrogens with one attached hydrogen (secondary N) is 1. The van der Waals surface area contributed by atoms with E-state index in [1.807, 2.05) is 30.5 Å². The number of hydrogen-bond donors (Lipinski definition) is 1. The summed E-state index contributed by atoms with van der Waals surface area (Å²) in [5.41, 5.74) is -0.461. The molecule has 3 aromatic rings. The van der Waals surface area contributed by atoms with Gasteiger partial charge < -0.3 is 9.47 Å². The van der Waals surface area contributed by atoms with Gasteiger partial charge in [0.15, 0.2) is 5.54 Å². The standard InChI is InChI=1S/C26H24N2O5S/c1-3-33-18-13-11-17(12-14-18)28-23(29)20-21(24(28)30)26(25(31)32-2,16-8-5-4-6-9-16)27-22(20)19-10-7-15-34-19/h4-15,20-22,27H,3H2,1-2H3/t20-,21+,22-,26+/m0/s1. The maximum Gasteiger partial charge on any atom is 0.331 e. The van der Waals surface area contributed by atoms with Crippen LogP contribution in [0.2, 0.25) is 0 Å². The molecule has 0 aliphatic carbocycles. The SMILES string of the molecule is CCOc1ccc(N2C(=O)[C@@H]3[C@H](c4cccs4)N[C@](C(=O)OC)(c4ccccc4)[C@H]3C2=O)cc1. The Kier molecular flexibility index (Phi) is 5.71. The van der Waals surface area contributed by atoms with Crippen molar-refractivity contribution in [3.63, 3.8) is 0 Å². The Hall–Kier alpha value is -3.49. The van der Waals surface area contributed by atoms with E-state index < -0.39 is 35.3 Å². The lowest BCUT2D eigenvalue weighted by Crippen LogP contribution is -2.53. The molecule has 2 saturated heterocycles. The highest BCUT2D eigenvalue weighted by Gasteiger charge is 2.69. The van der Waals surface area contributed by atoms with Crippen LogP contribution in [0, 0.1) is 11.8 Å². The van der Waals surface area contributed by atoms with Crippen LogP contribution in [0.15, 0.2) is 72.1 Å². The smallest absolute Gasteiger partial charge is 0.331 e. The van der Waals surface area contributed by atoms with Gasteiger partial charge in [-0.3, -0.25) is 14.9 Å². The molecule has 8 heteroatoms. The molecule has 0 spiro atoms. The number of imide groups is 1. The van der Waals surface area contributed by atoms with E-state index in [1.165, 1.54) is 23.3 Å². The zero-order chi connectivity index (χ0) is 23.9. The summed E-state index contributed by atoms with van der Waals surface area (Å²) < 4.78 is 10.7. The van der Waals surface area contributed by atoms with Gasteiger partial charge in [-0.1, -0.05) is 36.4 Å². The molecular weight excluding hydrogens is 452 g/mol. The second-order valence-electron chi connectivity index (χ2n) is 8.25. The number of esters is 1. The predicted octanol–water partition coefficient (Wildman–Crippen LogP) is 3.67. The number of thiophene rings is 1. The number of anilines is 1. The van der Waals surface area contributed by atoms with Crippen molar-refractivity contribution in [2.45, 2.75) is 18.5 Å². The van der Waals surface area contributed by atoms with Crippen LogP contribution in [0.25, 0.3) is 0 Å². The first-order chi connectivity index (χ1) is 16.5. The van der Waals surface area contributed by atoms with Crippen LogP contribution in [-0.2, 0) is 24.7 Å². The minimum Gasteiger partial charge on any atom is -0.494 e. The Labute approximate surface area is 201 Å². The third-order valence-electron chi connectivity index (χ3n) is 6.55. The fraction of sp³-hybridized carbons (Fsp3) is 0.269. The summed E-state index contributed by atoms with van der Waals surface area (Å²) in [6, 6.07) is 19.2. The Morgan fingerprint density at radius 3 is 2.38 bits per heavy atom. The largest absolute Gasteiger partial charge is 0.494 e. The summed E-state index contributed by atoms with van der Waals surface area (Å²) in [7, 11) is 1.30. The van der Waals surface area contributed by atoms with E-state index in [9.17, 15) is 14.4 Å². The lowest BCUT2D eigenvalue weighted by atomic mass is 9.75. The molecule has 7 nitrogen and oxygen atoms in total. The summed E-state index contributed by atoms with van der Waals surface area (Å²) in [5, 5.41) is 5.30. The van der Waals surface area contributed by atoms with Gasteiger partial charge in [0, 0.05) is 4.88 Å². The van der Waals surface area contributed by atoms with Crippen molar-refractivity contribution in [1.29, 1.82) is 0 Å². The molecule has 2 fully saturated rings. The van der Waals surface area contributed by atoms with Gasteiger partial charge >= 0.3 is 5.97 Å². The van der Waals surface area contributed by atoms with Crippen molar-refractivity contribution in [1.82, 2.24) is 5.32 Å².